The fourth-order valence-corrected chi connectivity index (χ4v) is 1.76. The molecule has 88 valence electrons. The maximum Gasteiger partial charge on any atom is 0.137 e. The summed E-state index contributed by atoms with van der Waals surface area (Å²) in [5, 5.41) is 0. The van der Waals surface area contributed by atoms with Gasteiger partial charge in [0.1, 0.15) is 11.6 Å². The average molecular weight is 296 g/mol. The Kier molecular flexibility index (Phi) is 4.09. The summed E-state index contributed by atoms with van der Waals surface area (Å²) in [4.78, 5) is 3.94. The minimum atomic E-state index is -0.286. The van der Waals surface area contributed by atoms with Crippen LogP contribution in [0.25, 0.3) is 0 Å². The van der Waals surface area contributed by atoms with Crippen LogP contribution < -0.4 is 4.74 Å². The SMILES string of the molecule is Fc1ccc(OCCc2ccncc2)cc1Br. The Morgan fingerprint density at radius 3 is 2.65 bits per heavy atom. The molecule has 0 atom stereocenters. The van der Waals surface area contributed by atoms with E-state index in [1.54, 1.807) is 24.5 Å². The molecule has 17 heavy (non-hydrogen) atoms. The van der Waals surface area contributed by atoms with Crippen LogP contribution in [-0.2, 0) is 6.42 Å². The zero-order valence-electron chi connectivity index (χ0n) is 9.07. The smallest absolute Gasteiger partial charge is 0.137 e. The number of benzene rings is 1. The molecule has 0 aliphatic rings. The van der Waals surface area contributed by atoms with Gasteiger partial charge in [0, 0.05) is 18.8 Å². The second-order valence-corrected chi connectivity index (χ2v) is 4.38. The lowest BCUT2D eigenvalue weighted by atomic mass is 10.2. The van der Waals surface area contributed by atoms with Crippen molar-refractivity contribution < 1.29 is 9.13 Å². The number of pyridine rings is 1. The molecule has 0 saturated carbocycles. The van der Waals surface area contributed by atoms with Crippen molar-refractivity contribution in [3.63, 3.8) is 0 Å². The highest BCUT2D eigenvalue weighted by atomic mass is 79.9. The summed E-state index contributed by atoms with van der Waals surface area (Å²) >= 11 is 3.12. The van der Waals surface area contributed by atoms with Crippen LogP contribution in [0.5, 0.6) is 5.75 Å². The van der Waals surface area contributed by atoms with E-state index >= 15 is 0 Å². The summed E-state index contributed by atoms with van der Waals surface area (Å²) in [6.07, 6.45) is 4.31. The van der Waals surface area contributed by atoms with Gasteiger partial charge in [-0.3, -0.25) is 4.98 Å². The van der Waals surface area contributed by atoms with E-state index in [2.05, 4.69) is 20.9 Å². The molecular formula is C13H11BrFNO. The largest absolute Gasteiger partial charge is 0.493 e. The Balaban J connectivity index is 1.88. The number of hydrogen-bond donors (Lipinski definition) is 0. The zero-order chi connectivity index (χ0) is 12.1. The molecule has 0 amide bonds. The third-order valence-electron chi connectivity index (χ3n) is 2.30. The number of hydrogen-bond acceptors (Lipinski definition) is 2. The summed E-state index contributed by atoms with van der Waals surface area (Å²) in [6, 6.07) is 8.52. The maximum absolute atomic E-state index is 13.0. The van der Waals surface area contributed by atoms with E-state index in [0.717, 1.165) is 6.42 Å². The van der Waals surface area contributed by atoms with E-state index in [1.165, 1.54) is 11.6 Å². The molecule has 0 aliphatic heterocycles. The highest BCUT2D eigenvalue weighted by Crippen LogP contribution is 2.21. The van der Waals surface area contributed by atoms with Crippen LogP contribution in [0.2, 0.25) is 0 Å². The van der Waals surface area contributed by atoms with Gasteiger partial charge in [-0.25, -0.2) is 4.39 Å². The van der Waals surface area contributed by atoms with Crippen molar-refractivity contribution in [1.29, 1.82) is 0 Å². The fourth-order valence-electron chi connectivity index (χ4n) is 1.40. The Labute approximate surface area is 108 Å². The molecule has 0 aliphatic carbocycles. The third kappa shape index (κ3) is 3.53. The summed E-state index contributed by atoms with van der Waals surface area (Å²) in [5.74, 6) is 0.374. The van der Waals surface area contributed by atoms with Gasteiger partial charge in [0.05, 0.1) is 11.1 Å². The monoisotopic (exact) mass is 295 g/mol. The van der Waals surface area contributed by atoms with Gasteiger partial charge in [-0.15, -0.1) is 0 Å². The molecule has 2 nitrogen and oxygen atoms in total. The molecule has 0 N–H and O–H groups in total. The molecule has 0 bridgehead atoms. The van der Waals surface area contributed by atoms with Crippen molar-refractivity contribution >= 4 is 15.9 Å². The standard InChI is InChI=1S/C13H11BrFNO/c14-12-9-11(1-2-13(12)15)17-8-5-10-3-6-16-7-4-10/h1-4,6-7,9H,5,8H2. The first-order chi connectivity index (χ1) is 8.25. The molecule has 0 saturated heterocycles. The Morgan fingerprint density at radius 2 is 1.94 bits per heavy atom. The van der Waals surface area contributed by atoms with Gasteiger partial charge in [0.15, 0.2) is 0 Å². The lowest BCUT2D eigenvalue weighted by molar-refractivity contribution is 0.321. The Morgan fingerprint density at radius 1 is 1.18 bits per heavy atom. The van der Waals surface area contributed by atoms with Gasteiger partial charge in [-0.1, -0.05) is 0 Å². The second kappa shape index (κ2) is 5.77. The zero-order valence-corrected chi connectivity index (χ0v) is 10.7. The van der Waals surface area contributed by atoms with Gasteiger partial charge < -0.3 is 4.74 Å². The van der Waals surface area contributed by atoms with Crippen LogP contribution >= 0.6 is 15.9 Å². The number of rotatable bonds is 4. The third-order valence-corrected chi connectivity index (χ3v) is 2.91. The normalized spacial score (nSPS) is 10.2. The van der Waals surface area contributed by atoms with Gasteiger partial charge in [-0.2, -0.15) is 0 Å². The quantitative estimate of drug-likeness (QED) is 0.860. The highest BCUT2D eigenvalue weighted by molar-refractivity contribution is 9.10. The van der Waals surface area contributed by atoms with Gasteiger partial charge >= 0.3 is 0 Å². The maximum atomic E-state index is 13.0. The number of nitrogens with zero attached hydrogens (tertiary/aromatic N) is 1. The summed E-state index contributed by atoms with van der Waals surface area (Å²) in [5.41, 5.74) is 1.17. The molecule has 1 aromatic heterocycles. The first kappa shape index (κ1) is 12.0. The lowest BCUT2D eigenvalue weighted by Gasteiger charge is -2.06. The molecule has 0 fully saturated rings. The van der Waals surface area contributed by atoms with E-state index in [0.29, 0.717) is 16.8 Å². The van der Waals surface area contributed by atoms with Gasteiger partial charge in [-0.05, 0) is 51.8 Å². The first-order valence-corrected chi connectivity index (χ1v) is 6.02. The predicted octanol–water partition coefficient (Wildman–Crippen LogP) is 3.60. The predicted molar refractivity (Wildman–Crippen MR) is 67.5 cm³/mol. The highest BCUT2D eigenvalue weighted by Gasteiger charge is 2.01. The molecule has 4 heteroatoms. The van der Waals surface area contributed by atoms with Gasteiger partial charge in [0.2, 0.25) is 0 Å². The van der Waals surface area contributed by atoms with Crippen LogP contribution in [0.4, 0.5) is 4.39 Å². The number of halogens is 2. The molecule has 2 rings (SSSR count). The Bertz CT molecular complexity index is 490. The molecule has 2 aromatic rings. The van der Waals surface area contributed by atoms with E-state index < -0.39 is 0 Å². The van der Waals surface area contributed by atoms with Crippen molar-refractivity contribution in [2.75, 3.05) is 6.61 Å². The van der Waals surface area contributed by atoms with Crippen LogP contribution in [-0.4, -0.2) is 11.6 Å². The van der Waals surface area contributed by atoms with E-state index in [1.807, 2.05) is 12.1 Å². The first-order valence-electron chi connectivity index (χ1n) is 5.22. The number of aromatic nitrogens is 1. The van der Waals surface area contributed by atoms with E-state index in [4.69, 9.17) is 4.74 Å². The molecule has 0 spiro atoms. The second-order valence-electron chi connectivity index (χ2n) is 3.53. The van der Waals surface area contributed by atoms with Crippen molar-refractivity contribution in [1.82, 2.24) is 4.98 Å². The average Bonchev–Trinajstić information content (AvgIpc) is 2.35. The van der Waals surface area contributed by atoms with Gasteiger partial charge in [0.25, 0.3) is 0 Å². The van der Waals surface area contributed by atoms with Crippen molar-refractivity contribution in [2.45, 2.75) is 6.42 Å². The molecular weight excluding hydrogens is 285 g/mol. The summed E-state index contributed by atoms with van der Waals surface area (Å²) < 4.78 is 18.9. The summed E-state index contributed by atoms with van der Waals surface area (Å²) in [6.45, 7) is 0.558. The molecule has 0 radical (unpaired) electrons. The van der Waals surface area contributed by atoms with Crippen molar-refractivity contribution in [2.24, 2.45) is 0 Å². The molecule has 1 heterocycles. The molecule has 0 unspecified atom stereocenters. The lowest BCUT2D eigenvalue weighted by Crippen LogP contribution is -2.01. The molecule has 1 aromatic carbocycles. The Hall–Kier alpha value is -1.42. The van der Waals surface area contributed by atoms with Crippen molar-refractivity contribution in [3.05, 3.63) is 58.6 Å². The number of ether oxygens (including phenoxy) is 1. The minimum Gasteiger partial charge on any atom is -0.493 e. The van der Waals surface area contributed by atoms with E-state index in [9.17, 15) is 4.39 Å². The van der Waals surface area contributed by atoms with Crippen LogP contribution in [0.1, 0.15) is 5.56 Å². The van der Waals surface area contributed by atoms with Crippen LogP contribution in [0, 0.1) is 5.82 Å². The fraction of sp³-hybridized carbons (Fsp3) is 0.154. The van der Waals surface area contributed by atoms with E-state index in [-0.39, 0.29) is 5.82 Å². The minimum absolute atomic E-state index is 0.286. The topological polar surface area (TPSA) is 22.1 Å². The van der Waals surface area contributed by atoms with Crippen molar-refractivity contribution in [3.8, 4) is 5.75 Å². The van der Waals surface area contributed by atoms with Crippen LogP contribution in [0.3, 0.4) is 0 Å². The summed E-state index contributed by atoms with van der Waals surface area (Å²) in [7, 11) is 0. The van der Waals surface area contributed by atoms with Crippen LogP contribution in [0.15, 0.2) is 47.2 Å².